The van der Waals surface area contributed by atoms with Crippen LogP contribution in [0.1, 0.15) is 26.7 Å². The molecule has 0 heterocycles. The Morgan fingerprint density at radius 3 is 2.60 bits per heavy atom. The average Bonchev–Trinajstić information content (AvgIpc) is 2.34. The van der Waals surface area contributed by atoms with Crippen molar-refractivity contribution < 1.29 is 12.8 Å². The molecule has 0 aliphatic rings. The molecule has 0 fully saturated rings. The van der Waals surface area contributed by atoms with Gasteiger partial charge in [-0.3, -0.25) is 0 Å². The molecular formula is C13H18BrClFNO2S. The number of benzene rings is 1. The topological polar surface area (TPSA) is 46.2 Å². The summed E-state index contributed by atoms with van der Waals surface area (Å²) in [5.41, 5.74) is -0.228. The Labute approximate surface area is 133 Å². The van der Waals surface area contributed by atoms with E-state index in [0.29, 0.717) is 10.4 Å². The van der Waals surface area contributed by atoms with Crippen LogP contribution in [-0.4, -0.2) is 20.8 Å². The molecule has 1 aromatic rings. The average molecular weight is 387 g/mol. The molecule has 3 nitrogen and oxygen atoms in total. The second-order valence-electron chi connectivity index (χ2n) is 5.36. The van der Waals surface area contributed by atoms with Crippen molar-refractivity contribution in [2.45, 2.75) is 31.6 Å². The SMILES string of the molecule is CC(C)(CCCCl)CNS(=O)(=O)c1ccc(Br)cc1F. The number of nitrogens with one attached hydrogen (secondary N) is 1. The van der Waals surface area contributed by atoms with E-state index in [1.54, 1.807) is 0 Å². The molecule has 0 atom stereocenters. The van der Waals surface area contributed by atoms with Crippen LogP contribution in [-0.2, 0) is 10.0 Å². The van der Waals surface area contributed by atoms with E-state index in [4.69, 9.17) is 11.6 Å². The zero-order chi connectivity index (χ0) is 15.4. The summed E-state index contributed by atoms with van der Waals surface area (Å²) in [6, 6.07) is 3.87. The summed E-state index contributed by atoms with van der Waals surface area (Å²) < 4.78 is 40.8. The standard InChI is InChI=1S/C13H18BrClFNO2S/c1-13(2,6-3-7-15)9-17-20(18,19)12-5-4-10(14)8-11(12)16/h4-5,8,17H,3,6-7,9H2,1-2H3. The van der Waals surface area contributed by atoms with Gasteiger partial charge in [0.2, 0.25) is 10.0 Å². The quantitative estimate of drug-likeness (QED) is 0.722. The molecule has 1 rings (SSSR count). The fourth-order valence-electron chi connectivity index (χ4n) is 1.70. The second-order valence-corrected chi connectivity index (χ2v) is 8.39. The first-order valence-corrected chi connectivity index (χ1v) is 9.00. The molecule has 1 aromatic carbocycles. The molecule has 0 aliphatic carbocycles. The van der Waals surface area contributed by atoms with Gasteiger partial charge < -0.3 is 0 Å². The first-order valence-electron chi connectivity index (χ1n) is 6.19. The van der Waals surface area contributed by atoms with E-state index < -0.39 is 15.8 Å². The molecule has 0 saturated carbocycles. The molecule has 1 N–H and O–H groups in total. The largest absolute Gasteiger partial charge is 0.243 e. The van der Waals surface area contributed by atoms with E-state index in [1.807, 2.05) is 13.8 Å². The molecule has 0 aliphatic heterocycles. The smallest absolute Gasteiger partial charge is 0.211 e. The van der Waals surface area contributed by atoms with Crippen molar-refractivity contribution >= 4 is 37.6 Å². The summed E-state index contributed by atoms with van der Waals surface area (Å²) in [5.74, 6) is -0.234. The highest BCUT2D eigenvalue weighted by atomic mass is 79.9. The van der Waals surface area contributed by atoms with Crippen molar-refractivity contribution in [1.82, 2.24) is 4.72 Å². The van der Waals surface area contributed by atoms with Crippen LogP contribution < -0.4 is 4.72 Å². The second kappa shape index (κ2) is 7.20. The molecular weight excluding hydrogens is 369 g/mol. The lowest BCUT2D eigenvalue weighted by Crippen LogP contribution is -2.34. The molecule has 0 unspecified atom stereocenters. The third kappa shape index (κ3) is 5.31. The minimum atomic E-state index is -3.84. The number of hydrogen-bond acceptors (Lipinski definition) is 2. The van der Waals surface area contributed by atoms with Gasteiger partial charge >= 0.3 is 0 Å². The van der Waals surface area contributed by atoms with Gasteiger partial charge in [-0.05, 0) is 36.5 Å². The van der Waals surface area contributed by atoms with Crippen molar-refractivity contribution in [2.24, 2.45) is 5.41 Å². The lowest BCUT2D eigenvalue weighted by atomic mass is 9.88. The summed E-state index contributed by atoms with van der Waals surface area (Å²) in [7, 11) is -3.84. The maximum Gasteiger partial charge on any atom is 0.243 e. The van der Waals surface area contributed by atoms with Gasteiger partial charge in [-0.25, -0.2) is 17.5 Å². The maximum atomic E-state index is 13.7. The Morgan fingerprint density at radius 1 is 1.40 bits per heavy atom. The van der Waals surface area contributed by atoms with Gasteiger partial charge in [0.25, 0.3) is 0 Å². The molecule has 114 valence electrons. The van der Waals surface area contributed by atoms with Crippen LogP contribution in [0.2, 0.25) is 0 Å². The Hall–Kier alpha value is -0.170. The van der Waals surface area contributed by atoms with Crippen molar-refractivity contribution in [1.29, 1.82) is 0 Å². The predicted molar refractivity (Wildman–Crippen MR) is 83.0 cm³/mol. The first kappa shape index (κ1) is 17.9. The van der Waals surface area contributed by atoms with Gasteiger partial charge in [-0.15, -0.1) is 11.6 Å². The maximum absolute atomic E-state index is 13.7. The summed E-state index contributed by atoms with van der Waals surface area (Å²) in [6.45, 7) is 4.13. The van der Waals surface area contributed by atoms with Gasteiger partial charge in [0.05, 0.1) is 0 Å². The summed E-state index contributed by atoms with van der Waals surface area (Å²) >= 11 is 8.73. The molecule has 20 heavy (non-hydrogen) atoms. The molecule has 0 radical (unpaired) electrons. The van der Waals surface area contributed by atoms with Crippen LogP contribution >= 0.6 is 27.5 Å². The predicted octanol–water partition coefficient (Wildman–Crippen LogP) is 3.91. The van der Waals surface area contributed by atoms with Crippen molar-refractivity contribution in [2.75, 3.05) is 12.4 Å². The Kier molecular flexibility index (Phi) is 6.44. The highest BCUT2D eigenvalue weighted by molar-refractivity contribution is 9.10. The van der Waals surface area contributed by atoms with Gasteiger partial charge in [0, 0.05) is 16.9 Å². The van der Waals surface area contributed by atoms with E-state index in [1.165, 1.54) is 12.1 Å². The fraction of sp³-hybridized carbons (Fsp3) is 0.538. The van der Waals surface area contributed by atoms with Crippen LogP contribution in [0, 0.1) is 11.2 Å². The number of hydrogen-bond donors (Lipinski definition) is 1. The Bertz CT molecular complexity index is 563. The van der Waals surface area contributed by atoms with Gasteiger partial charge in [-0.1, -0.05) is 29.8 Å². The van der Waals surface area contributed by atoms with E-state index in [9.17, 15) is 12.8 Å². The van der Waals surface area contributed by atoms with Crippen molar-refractivity contribution in [3.05, 3.63) is 28.5 Å². The van der Waals surface area contributed by atoms with Crippen LogP contribution in [0.4, 0.5) is 4.39 Å². The van der Waals surface area contributed by atoms with E-state index in [-0.39, 0.29) is 16.9 Å². The van der Waals surface area contributed by atoms with Crippen LogP contribution in [0.3, 0.4) is 0 Å². The normalized spacial score (nSPS) is 12.7. The van der Waals surface area contributed by atoms with Gasteiger partial charge in [-0.2, -0.15) is 0 Å². The summed E-state index contributed by atoms with van der Waals surface area (Å²) in [6.07, 6.45) is 1.60. The van der Waals surface area contributed by atoms with E-state index in [0.717, 1.165) is 18.9 Å². The van der Waals surface area contributed by atoms with Crippen LogP contribution in [0.25, 0.3) is 0 Å². The zero-order valence-electron chi connectivity index (χ0n) is 11.4. The third-order valence-electron chi connectivity index (χ3n) is 2.91. The lowest BCUT2D eigenvalue weighted by Gasteiger charge is -2.24. The fourth-order valence-corrected chi connectivity index (χ4v) is 3.46. The molecule has 0 spiro atoms. The number of alkyl halides is 1. The first-order chi connectivity index (χ1) is 9.18. The highest BCUT2D eigenvalue weighted by Gasteiger charge is 2.24. The molecule has 7 heteroatoms. The number of sulfonamides is 1. The van der Waals surface area contributed by atoms with Gasteiger partial charge in [0.1, 0.15) is 10.7 Å². The van der Waals surface area contributed by atoms with E-state index >= 15 is 0 Å². The lowest BCUT2D eigenvalue weighted by molar-refractivity contribution is 0.331. The van der Waals surface area contributed by atoms with E-state index in [2.05, 4.69) is 20.7 Å². The molecule has 0 amide bonds. The molecule has 0 saturated heterocycles. The monoisotopic (exact) mass is 385 g/mol. The molecule has 0 bridgehead atoms. The van der Waals surface area contributed by atoms with Crippen LogP contribution in [0.5, 0.6) is 0 Å². The van der Waals surface area contributed by atoms with Gasteiger partial charge in [0.15, 0.2) is 0 Å². The summed E-state index contributed by atoms with van der Waals surface area (Å²) in [4.78, 5) is -0.339. The minimum absolute atomic E-state index is 0.228. The minimum Gasteiger partial charge on any atom is -0.211 e. The Morgan fingerprint density at radius 2 is 2.05 bits per heavy atom. The van der Waals surface area contributed by atoms with Crippen LogP contribution in [0.15, 0.2) is 27.6 Å². The van der Waals surface area contributed by atoms with Crippen molar-refractivity contribution in [3.8, 4) is 0 Å². The Balaban J connectivity index is 2.80. The number of halogens is 3. The third-order valence-corrected chi connectivity index (χ3v) is 5.11. The zero-order valence-corrected chi connectivity index (χ0v) is 14.6. The van der Waals surface area contributed by atoms with Crippen molar-refractivity contribution in [3.63, 3.8) is 0 Å². The number of rotatable bonds is 7. The highest BCUT2D eigenvalue weighted by Crippen LogP contribution is 2.24. The summed E-state index contributed by atoms with van der Waals surface area (Å²) in [5, 5.41) is 0. The molecule has 0 aromatic heterocycles.